The zero-order valence-corrected chi connectivity index (χ0v) is 10.7. The lowest BCUT2D eigenvalue weighted by atomic mass is 10.2. The molecule has 19 heavy (non-hydrogen) atoms. The maximum atomic E-state index is 11.6. The number of esters is 1. The minimum absolute atomic E-state index is 0.0686. The van der Waals surface area contributed by atoms with Crippen molar-refractivity contribution in [1.29, 1.82) is 0 Å². The number of carbonyl (C=O) groups excluding carboxylic acids is 2. The molecule has 4 N–H and O–H groups in total. The van der Waals surface area contributed by atoms with Crippen molar-refractivity contribution in [2.24, 2.45) is 5.73 Å². The first-order chi connectivity index (χ1) is 9.08. The second-order valence-electron chi connectivity index (χ2n) is 3.87. The summed E-state index contributed by atoms with van der Waals surface area (Å²) < 4.78 is 4.66. The Labute approximate surface area is 114 Å². The monoisotopic (exact) mass is 281 g/mol. The minimum atomic E-state index is -0.471. The van der Waals surface area contributed by atoms with Crippen LogP contribution in [0.1, 0.15) is 5.56 Å². The summed E-state index contributed by atoms with van der Waals surface area (Å²) in [6, 6.07) is 4.56. The van der Waals surface area contributed by atoms with Crippen LogP contribution < -0.4 is 16.4 Å². The van der Waals surface area contributed by atoms with Gasteiger partial charge in [0, 0.05) is 23.3 Å². The van der Waals surface area contributed by atoms with Crippen LogP contribution in [-0.2, 0) is 16.1 Å². The Balaban J connectivity index is 1.97. The van der Waals surface area contributed by atoms with Gasteiger partial charge in [-0.1, -0.05) is 17.7 Å². The third kappa shape index (κ3) is 3.46. The van der Waals surface area contributed by atoms with Gasteiger partial charge in [0.1, 0.15) is 6.61 Å². The summed E-state index contributed by atoms with van der Waals surface area (Å²) in [6.07, 6.45) is 1.23. The fourth-order valence-electron chi connectivity index (χ4n) is 1.55. The van der Waals surface area contributed by atoms with Crippen LogP contribution in [0.15, 0.2) is 30.0 Å². The van der Waals surface area contributed by atoms with Crippen LogP contribution in [-0.4, -0.2) is 18.6 Å². The van der Waals surface area contributed by atoms with Gasteiger partial charge in [-0.2, -0.15) is 0 Å². The number of cyclic esters (lactones) is 1. The van der Waals surface area contributed by atoms with Crippen molar-refractivity contribution >= 4 is 29.3 Å². The molecule has 6 nitrogen and oxygen atoms in total. The lowest BCUT2D eigenvalue weighted by Gasteiger charge is -2.09. The average molecular weight is 282 g/mol. The minimum Gasteiger partial charge on any atom is -0.456 e. The highest BCUT2D eigenvalue weighted by atomic mass is 35.5. The zero-order valence-electron chi connectivity index (χ0n) is 9.90. The number of carbonyl (C=O) groups is 2. The molecular formula is C12H12ClN3O3. The fraction of sp³-hybridized carbons (Fsp3) is 0.167. The van der Waals surface area contributed by atoms with Crippen molar-refractivity contribution in [2.45, 2.75) is 6.54 Å². The molecule has 2 amide bonds. The second-order valence-corrected chi connectivity index (χ2v) is 4.27. The molecule has 0 atom stereocenters. The molecule has 1 aliphatic rings. The molecule has 0 aliphatic carbocycles. The first-order valence-corrected chi connectivity index (χ1v) is 5.90. The number of nitrogens with one attached hydrogen (secondary N) is 2. The normalized spacial score (nSPS) is 13.8. The molecule has 0 spiro atoms. The Kier molecular flexibility index (Phi) is 4.03. The number of ether oxygens (including phenoxy) is 1. The summed E-state index contributed by atoms with van der Waals surface area (Å²) in [4.78, 5) is 22.5. The van der Waals surface area contributed by atoms with Crippen molar-refractivity contribution in [2.75, 3.05) is 11.9 Å². The standard InChI is InChI=1S/C12H12ClN3O3/c13-10-3-8(2-1-7(10)5-14)15-12(18)16-9-4-11(17)19-6-9/h1-4H,5-6,14H2,(H2,15,16,18). The Morgan fingerprint density at radius 3 is 2.79 bits per heavy atom. The van der Waals surface area contributed by atoms with Gasteiger partial charge in [0.2, 0.25) is 0 Å². The summed E-state index contributed by atoms with van der Waals surface area (Å²) in [7, 11) is 0. The van der Waals surface area contributed by atoms with Crippen molar-refractivity contribution in [3.05, 3.63) is 40.6 Å². The first-order valence-electron chi connectivity index (χ1n) is 5.52. The lowest BCUT2D eigenvalue weighted by Crippen LogP contribution is -2.28. The topological polar surface area (TPSA) is 93.5 Å². The van der Waals surface area contributed by atoms with Crippen LogP contribution in [0.5, 0.6) is 0 Å². The quantitative estimate of drug-likeness (QED) is 0.729. The molecule has 0 radical (unpaired) electrons. The van der Waals surface area contributed by atoms with E-state index in [4.69, 9.17) is 17.3 Å². The third-order valence-corrected chi connectivity index (χ3v) is 2.82. The van der Waals surface area contributed by atoms with Crippen LogP contribution >= 0.6 is 11.6 Å². The molecule has 1 heterocycles. The van der Waals surface area contributed by atoms with E-state index in [1.165, 1.54) is 6.08 Å². The molecule has 0 fully saturated rings. The van der Waals surface area contributed by atoms with Gasteiger partial charge in [-0.3, -0.25) is 0 Å². The van der Waals surface area contributed by atoms with Crippen molar-refractivity contribution < 1.29 is 14.3 Å². The first kappa shape index (κ1) is 13.4. The highest BCUT2D eigenvalue weighted by molar-refractivity contribution is 6.31. The molecule has 1 aliphatic heterocycles. The van der Waals surface area contributed by atoms with E-state index in [2.05, 4.69) is 15.4 Å². The third-order valence-electron chi connectivity index (χ3n) is 2.47. The summed E-state index contributed by atoms with van der Waals surface area (Å²) in [5, 5.41) is 5.58. The number of nitrogens with two attached hydrogens (primary N) is 1. The predicted octanol–water partition coefficient (Wildman–Crippen LogP) is 1.36. The number of urea groups is 1. The van der Waals surface area contributed by atoms with Crippen molar-refractivity contribution in [1.82, 2.24) is 5.32 Å². The van der Waals surface area contributed by atoms with E-state index < -0.39 is 12.0 Å². The van der Waals surface area contributed by atoms with Gasteiger partial charge in [-0.15, -0.1) is 0 Å². The summed E-state index contributed by atoms with van der Waals surface area (Å²) in [6.45, 7) is 0.400. The average Bonchev–Trinajstić information content (AvgIpc) is 2.74. The zero-order chi connectivity index (χ0) is 13.8. The van der Waals surface area contributed by atoms with Gasteiger partial charge in [-0.25, -0.2) is 9.59 Å². The number of rotatable bonds is 3. The number of hydrogen-bond acceptors (Lipinski definition) is 4. The smallest absolute Gasteiger partial charge is 0.333 e. The van der Waals surface area contributed by atoms with E-state index >= 15 is 0 Å². The Morgan fingerprint density at radius 2 is 2.21 bits per heavy atom. The summed E-state index contributed by atoms with van der Waals surface area (Å²) in [5.74, 6) is -0.467. The Hall–Kier alpha value is -2.05. The summed E-state index contributed by atoms with van der Waals surface area (Å²) >= 11 is 5.97. The van der Waals surface area contributed by atoms with Crippen LogP contribution in [0.3, 0.4) is 0 Å². The van der Waals surface area contributed by atoms with E-state index in [0.717, 1.165) is 5.56 Å². The lowest BCUT2D eigenvalue weighted by molar-refractivity contribution is -0.134. The van der Waals surface area contributed by atoms with Crippen LogP contribution in [0.25, 0.3) is 0 Å². The molecule has 0 unspecified atom stereocenters. The SMILES string of the molecule is NCc1ccc(NC(=O)NC2=CC(=O)OC2)cc1Cl. The molecule has 0 aromatic heterocycles. The molecular weight excluding hydrogens is 270 g/mol. The molecule has 0 saturated carbocycles. The highest BCUT2D eigenvalue weighted by Crippen LogP contribution is 2.20. The van der Waals surface area contributed by atoms with Crippen LogP contribution in [0.2, 0.25) is 5.02 Å². The molecule has 2 rings (SSSR count). The second kappa shape index (κ2) is 5.73. The van der Waals surface area contributed by atoms with Gasteiger partial charge in [0.15, 0.2) is 0 Å². The molecule has 0 saturated heterocycles. The van der Waals surface area contributed by atoms with E-state index in [1.54, 1.807) is 18.2 Å². The molecule has 100 valence electrons. The molecule has 7 heteroatoms. The van der Waals surface area contributed by atoms with Crippen LogP contribution in [0, 0.1) is 0 Å². The largest absolute Gasteiger partial charge is 0.456 e. The number of amides is 2. The molecule has 0 bridgehead atoms. The number of halogens is 1. The van der Waals surface area contributed by atoms with Crippen LogP contribution in [0.4, 0.5) is 10.5 Å². The van der Waals surface area contributed by atoms with Gasteiger partial charge in [0.05, 0.1) is 5.70 Å². The van der Waals surface area contributed by atoms with E-state index in [0.29, 0.717) is 23.0 Å². The Bertz CT molecular complexity index is 557. The molecule has 1 aromatic carbocycles. The van der Waals surface area contributed by atoms with Crippen molar-refractivity contribution in [3.63, 3.8) is 0 Å². The maximum absolute atomic E-state index is 11.6. The van der Waals surface area contributed by atoms with E-state index in [9.17, 15) is 9.59 Å². The number of hydrogen-bond donors (Lipinski definition) is 3. The predicted molar refractivity (Wildman–Crippen MR) is 70.5 cm³/mol. The number of anilines is 1. The maximum Gasteiger partial charge on any atom is 0.333 e. The van der Waals surface area contributed by atoms with E-state index in [-0.39, 0.29) is 6.61 Å². The highest BCUT2D eigenvalue weighted by Gasteiger charge is 2.15. The van der Waals surface area contributed by atoms with Gasteiger partial charge >= 0.3 is 12.0 Å². The van der Waals surface area contributed by atoms with Gasteiger partial charge < -0.3 is 21.1 Å². The summed E-state index contributed by atoms with van der Waals surface area (Å²) in [5.41, 5.74) is 7.23. The van der Waals surface area contributed by atoms with Gasteiger partial charge in [0.25, 0.3) is 0 Å². The van der Waals surface area contributed by atoms with Gasteiger partial charge in [-0.05, 0) is 17.7 Å². The van der Waals surface area contributed by atoms with E-state index in [1.807, 2.05) is 0 Å². The molecule has 1 aromatic rings. The fourth-order valence-corrected chi connectivity index (χ4v) is 1.80. The Morgan fingerprint density at radius 1 is 1.42 bits per heavy atom. The van der Waals surface area contributed by atoms with Crippen molar-refractivity contribution in [3.8, 4) is 0 Å². The number of benzene rings is 1.